The van der Waals surface area contributed by atoms with Gasteiger partial charge in [-0.1, -0.05) is 20.8 Å². The fourth-order valence-electron chi connectivity index (χ4n) is 6.40. The van der Waals surface area contributed by atoms with E-state index in [1.807, 2.05) is 0 Å². The first kappa shape index (κ1) is 28.6. The molecule has 0 fully saturated rings. The van der Waals surface area contributed by atoms with Crippen LogP contribution in [-0.2, 0) is 22.4 Å². The molecule has 6 heteroatoms. The number of esters is 1. The standard InChI is InChI=1S/C35H42N4O2/c1-9-23-20(5)30-17-34-26(13-12-14-35(40)41-8)22(7)28(39-34)15-27-19(4)24(10-2)32(36-27)18-33-25(11-3)21(6)29(38-33)16-31(23)37-30/h15-18,36,38H,9-14H2,1-8H3. The normalized spacial score (nSPS) is 13.4. The van der Waals surface area contributed by atoms with E-state index in [4.69, 9.17) is 14.7 Å². The number of fused-ring (bicyclic) bond motifs is 8. The molecule has 5 heterocycles. The van der Waals surface area contributed by atoms with Crippen LogP contribution in [0.4, 0.5) is 0 Å². The van der Waals surface area contributed by atoms with Gasteiger partial charge in [0.05, 0.1) is 29.9 Å². The first-order valence-electron chi connectivity index (χ1n) is 14.9. The third-order valence-corrected chi connectivity index (χ3v) is 8.90. The fraction of sp³-hybridized carbons (Fsp3) is 0.400. The Hall–Kier alpha value is -3.93. The van der Waals surface area contributed by atoms with Crippen LogP contribution in [0.15, 0.2) is 24.3 Å². The molecule has 0 aromatic carbocycles. The summed E-state index contributed by atoms with van der Waals surface area (Å²) in [6.07, 6.45) is 4.64. The summed E-state index contributed by atoms with van der Waals surface area (Å²) in [6.45, 7) is 15.3. The fourth-order valence-corrected chi connectivity index (χ4v) is 6.40. The van der Waals surface area contributed by atoms with Crippen LogP contribution in [0, 0.1) is 13.8 Å². The zero-order chi connectivity index (χ0) is 29.4. The van der Waals surface area contributed by atoms with E-state index in [0.717, 1.165) is 76.1 Å². The molecule has 0 amide bonds. The molecule has 0 spiro atoms. The lowest BCUT2D eigenvalue weighted by Gasteiger charge is -2.05. The van der Waals surface area contributed by atoms with Gasteiger partial charge in [-0.25, -0.2) is 9.97 Å². The maximum Gasteiger partial charge on any atom is 0.305 e. The number of rotatable bonds is 7. The Morgan fingerprint density at radius 3 is 1.73 bits per heavy atom. The van der Waals surface area contributed by atoms with Crippen molar-refractivity contribution in [2.45, 2.75) is 87.0 Å². The molecule has 3 aromatic heterocycles. The van der Waals surface area contributed by atoms with Crippen molar-refractivity contribution in [1.29, 1.82) is 0 Å². The van der Waals surface area contributed by atoms with Crippen molar-refractivity contribution >= 4 is 50.3 Å². The van der Waals surface area contributed by atoms with Gasteiger partial charge < -0.3 is 14.7 Å². The summed E-state index contributed by atoms with van der Waals surface area (Å²) in [6, 6.07) is 8.81. The third-order valence-electron chi connectivity index (χ3n) is 8.90. The highest BCUT2D eigenvalue weighted by Gasteiger charge is 2.21. The number of nitrogens with one attached hydrogen (secondary N) is 2. The summed E-state index contributed by atoms with van der Waals surface area (Å²) < 4.78 is 4.89. The highest BCUT2D eigenvalue weighted by atomic mass is 16.5. The van der Waals surface area contributed by atoms with Crippen LogP contribution in [0.1, 0.15) is 105 Å². The van der Waals surface area contributed by atoms with Crippen LogP contribution < -0.4 is 0 Å². The van der Waals surface area contributed by atoms with Crippen molar-refractivity contribution in [3.63, 3.8) is 0 Å². The zero-order valence-corrected chi connectivity index (χ0v) is 25.8. The maximum absolute atomic E-state index is 11.9. The maximum atomic E-state index is 11.9. The highest BCUT2D eigenvalue weighted by Crippen LogP contribution is 2.37. The van der Waals surface area contributed by atoms with E-state index in [0.29, 0.717) is 12.8 Å². The highest BCUT2D eigenvalue weighted by molar-refractivity contribution is 5.95. The Balaban J connectivity index is 1.86. The second kappa shape index (κ2) is 11.5. The van der Waals surface area contributed by atoms with Crippen molar-refractivity contribution < 1.29 is 9.53 Å². The number of hydrogen-bond acceptors (Lipinski definition) is 4. The minimum absolute atomic E-state index is 0.182. The Morgan fingerprint density at radius 2 is 1.20 bits per heavy atom. The largest absolute Gasteiger partial charge is 0.469 e. The molecule has 2 aliphatic rings. The van der Waals surface area contributed by atoms with Gasteiger partial charge >= 0.3 is 5.97 Å². The van der Waals surface area contributed by atoms with Gasteiger partial charge in [-0.3, -0.25) is 4.79 Å². The number of carbonyl (C=O) groups excluding carboxylic acids is 1. The predicted molar refractivity (Wildman–Crippen MR) is 170 cm³/mol. The lowest BCUT2D eigenvalue weighted by Crippen LogP contribution is -1.99. The van der Waals surface area contributed by atoms with Crippen molar-refractivity contribution in [2.75, 3.05) is 7.11 Å². The van der Waals surface area contributed by atoms with E-state index in [1.54, 1.807) is 0 Å². The topological polar surface area (TPSA) is 83.7 Å². The van der Waals surface area contributed by atoms with Crippen LogP contribution in [0.3, 0.4) is 0 Å². The van der Waals surface area contributed by atoms with Gasteiger partial charge in [0.15, 0.2) is 0 Å². The van der Waals surface area contributed by atoms with Crippen LogP contribution in [0.5, 0.6) is 0 Å². The van der Waals surface area contributed by atoms with Crippen LogP contribution in [0.25, 0.3) is 44.4 Å². The molecule has 41 heavy (non-hydrogen) atoms. The molecule has 3 aromatic rings. The van der Waals surface area contributed by atoms with E-state index in [9.17, 15) is 4.79 Å². The molecule has 2 N–H and O–H groups in total. The van der Waals surface area contributed by atoms with Crippen molar-refractivity contribution in [1.82, 2.24) is 19.9 Å². The molecular weight excluding hydrogens is 508 g/mol. The minimum Gasteiger partial charge on any atom is -0.469 e. The summed E-state index contributed by atoms with van der Waals surface area (Å²) in [5, 5.41) is 0. The van der Waals surface area contributed by atoms with Gasteiger partial charge in [0.25, 0.3) is 0 Å². The molecule has 0 aliphatic carbocycles. The quantitative estimate of drug-likeness (QED) is 0.288. The number of H-pyrrole nitrogens is 2. The van der Waals surface area contributed by atoms with Crippen molar-refractivity contribution in [2.24, 2.45) is 0 Å². The van der Waals surface area contributed by atoms with Crippen molar-refractivity contribution in [3.8, 4) is 0 Å². The Bertz CT molecular complexity index is 1760. The van der Waals surface area contributed by atoms with E-state index < -0.39 is 0 Å². The lowest BCUT2D eigenvalue weighted by atomic mass is 9.99. The lowest BCUT2D eigenvalue weighted by molar-refractivity contribution is -0.140. The van der Waals surface area contributed by atoms with E-state index >= 15 is 0 Å². The van der Waals surface area contributed by atoms with Gasteiger partial charge in [-0.15, -0.1) is 0 Å². The Labute approximate surface area is 243 Å². The van der Waals surface area contributed by atoms with Gasteiger partial charge in [0.1, 0.15) is 0 Å². The average Bonchev–Trinajstić information content (AvgIpc) is 3.61. The number of aromatic nitrogens is 4. The number of carbonyl (C=O) groups is 1. The molecule has 2 aliphatic heterocycles. The average molecular weight is 551 g/mol. The molecule has 0 atom stereocenters. The molecule has 214 valence electrons. The second-order valence-corrected chi connectivity index (χ2v) is 11.2. The zero-order valence-electron chi connectivity index (χ0n) is 25.8. The predicted octanol–water partition coefficient (Wildman–Crippen LogP) is 8.67. The summed E-state index contributed by atoms with van der Waals surface area (Å²) in [7, 11) is 1.44. The summed E-state index contributed by atoms with van der Waals surface area (Å²) in [5.74, 6) is -0.182. The van der Waals surface area contributed by atoms with E-state index in [2.05, 4.69) is 82.7 Å². The molecule has 0 saturated heterocycles. The van der Waals surface area contributed by atoms with Crippen molar-refractivity contribution in [3.05, 3.63) is 69.3 Å². The van der Waals surface area contributed by atoms with Gasteiger partial charge in [-0.05, 0) is 129 Å². The van der Waals surface area contributed by atoms with Crippen LogP contribution >= 0.6 is 0 Å². The van der Waals surface area contributed by atoms with Gasteiger partial charge in [0, 0.05) is 28.5 Å². The van der Waals surface area contributed by atoms with Gasteiger partial charge in [-0.2, -0.15) is 0 Å². The molecule has 0 unspecified atom stereocenters. The third kappa shape index (κ3) is 5.16. The minimum atomic E-state index is -0.182. The Kier molecular flexibility index (Phi) is 8.03. The Morgan fingerprint density at radius 1 is 0.683 bits per heavy atom. The summed E-state index contributed by atoms with van der Waals surface area (Å²) >= 11 is 0. The number of allylic oxidation sites excluding steroid dienone is 4. The van der Waals surface area contributed by atoms with Gasteiger partial charge in [0.2, 0.25) is 0 Å². The molecule has 0 saturated carbocycles. The molecule has 5 rings (SSSR count). The van der Waals surface area contributed by atoms with Crippen LogP contribution in [0.2, 0.25) is 0 Å². The molecule has 6 nitrogen and oxygen atoms in total. The first-order valence-corrected chi connectivity index (χ1v) is 14.9. The smallest absolute Gasteiger partial charge is 0.305 e. The molecule has 0 radical (unpaired) electrons. The van der Waals surface area contributed by atoms with Crippen LogP contribution in [-0.4, -0.2) is 33.0 Å². The number of aromatic amines is 2. The van der Waals surface area contributed by atoms with E-state index in [1.165, 1.54) is 46.1 Å². The second-order valence-electron chi connectivity index (χ2n) is 11.2. The van der Waals surface area contributed by atoms with E-state index in [-0.39, 0.29) is 5.97 Å². The molecule has 8 bridgehead atoms. The number of aryl methyl sites for hydroxylation is 4. The summed E-state index contributed by atoms with van der Waals surface area (Å²) in [4.78, 5) is 29.6. The summed E-state index contributed by atoms with van der Waals surface area (Å²) in [5.41, 5.74) is 18.3. The number of methoxy groups -OCH3 is 1. The SMILES string of the molecule is CCC1=C(C)c2cc3nc(cc4[nH]c(cc5[nH]c(cc1n2)c(C)c5CC)c(CC)c4C)C(C)=C3CCCC(=O)OC. The number of hydrogen-bond donors (Lipinski definition) is 2. The monoisotopic (exact) mass is 550 g/mol. The first-order chi connectivity index (χ1) is 19.7. The number of ether oxygens (including phenoxy) is 1. The number of nitrogens with zero attached hydrogens (tertiary/aromatic N) is 2. The molecular formula is C35H42N4O2.